The maximum absolute atomic E-state index is 12.3. The van der Waals surface area contributed by atoms with Crippen molar-refractivity contribution in [1.29, 1.82) is 0 Å². The zero-order chi connectivity index (χ0) is 19.9. The molecule has 4 rings (SSSR count). The highest BCUT2D eigenvalue weighted by Gasteiger charge is 2.16. The average Bonchev–Trinajstić information content (AvgIpc) is 3.40. The van der Waals surface area contributed by atoms with Crippen LogP contribution < -0.4 is 5.32 Å². The molecule has 0 radical (unpaired) electrons. The Hall–Kier alpha value is -2.62. The Morgan fingerprint density at radius 2 is 1.76 bits per heavy atom. The summed E-state index contributed by atoms with van der Waals surface area (Å²) in [6.45, 7) is 1.42. The fourth-order valence-corrected chi connectivity index (χ4v) is 4.50. The second-order valence-corrected chi connectivity index (χ2v) is 8.19. The molecule has 0 bridgehead atoms. The van der Waals surface area contributed by atoms with E-state index >= 15 is 0 Å². The summed E-state index contributed by atoms with van der Waals surface area (Å²) in [6, 6.07) is 18.8. The predicted octanol–water partition coefficient (Wildman–Crippen LogP) is 4.91. The van der Waals surface area contributed by atoms with Crippen LogP contribution in [0.3, 0.4) is 0 Å². The minimum atomic E-state index is 0.187. The lowest BCUT2D eigenvalue weighted by Crippen LogP contribution is -2.27. The molecular weight excluding hydrogens is 358 g/mol. The number of benzene rings is 2. The highest BCUT2D eigenvalue weighted by atomic mass is 16.1. The topological polar surface area (TPSA) is 46.9 Å². The van der Waals surface area contributed by atoms with Gasteiger partial charge in [0.1, 0.15) is 5.82 Å². The van der Waals surface area contributed by atoms with Gasteiger partial charge in [0.25, 0.3) is 0 Å². The monoisotopic (exact) mass is 389 g/mol. The van der Waals surface area contributed by atoms with E-state index in [-0.39, 0.29) is 5.91 Å². The number of hydrogen-bond donors (Lipinski definition) is 1. The number of amides is 1. The summed E-state index contributed by atoms with van der Waals surface area (Å²) < 4.78 is 2.27. The molecule has 0 unspecified atom stereocenters. The Balaban J connectivity index is 1.35. The van der Waals surface area contributed by atoms with E-state index in [1.165, 1.54) is 31.2 Å². The molecule has 1 heterocycles. The van der Waals surface area contributed by atoms with Crippen molar-refractivity contribution in [2.24, 2.45) is 5.92 Å². The standard InChI is InChI=1S/C25H31N3O/c29-25(17-15-21-10-4-5-11-21)26-18-19-28-23-13-7-6-12-22(23)27-24(28)16-14-20-8-2-1-3-9-20/h1-3,6-9,12-13,21H,4-5,10-11,14-19H2,(H,26,29). The number of aryl methyl sites for hydroxylation is 2. The number of aromatic nitrogens is 2. The molecule has 3 aromatic rings. The van der Waals surface area contributed by atoms with E-state index < -0.39 is 0 Å². The largest absolute Gasteiger partial charge is 0.354 e. The first kappa shape index (κ1) is 19.7. The lowest BCUT2D eigenvalue weighted by molar-refractivity contribution is -0.121. The molecule has 0 spiro atoms. The molecule has 1 N–H and O–H groups in total. The maximum Gasteiger partial charge on any atom is 0.220 e. The summed E-state index contributed by atoms with van der Waals surface area (Å²) in [5.41, 5.74) is 3.50. The van der Waals surface area contributed by atoms with Gasteiger partial charge in [-0.15, -0.1) is 0 Å². The molecule has 1 fully saturated rings. The minimum absolute atomic E-state index is 0.187. The van der Waals surface area contributed by atoms with Crippen molar-refractivity contribution in [3.8, 4) is 0 Å². The maximum atomic E-state index is 12.3. The van der Waals surface area contributed by atoms with Gasteiger partial charge in [-0.25, -0.2) is 4.98 Å². The number of carbonyl (C=O) groups excluding carboxylic acids is 1. The Kier molecular flexibility index (Phi) is 6.60. The van der Waals surface area contributed by atoms with Gasteiger partial charge in [-0.1, -0.05) is 68.1 Å². The lowest BCUT2D eigenvalue weighted by atomic mass is 10.0. The van der Waals surface area contributed by atoms with Crippen LogP contribution in [0, 0.1) is 5.92 Å². The number of nitrogens with one attached hydrogen (secondary N) is 1. The van der Waals surface area contributed by atoms with E-state index in [2.05, 4.69) is 52.3 Å². The highest BCUT2D eigenvalue weighted by molar-refractivity contribution is 5.76. The molecule has 152 valence electrons. The number of fused-ring (bicyclic) bond motifs is 1. The second-order valence-electron chi connectivity index (χ2n) is 8.19. The van der Waals surface area contributed by atoms with Crippen LogP contribution in [0.2, 0.25) is 0 Å². The molecule has 1 aromatic heterocycles. The lowest BCUT2D eigenvalue weighted by Gasteiger charge is -2.12. The first-order valence-electron chi connectivity index (χ1n) is 11.0. The number of carbonyl (C=O) groups is 1. The van der Waals surface area contributed by atoms with Crippen molar-refractivity contribution in [2.45, 2.75) is 57.9 Å². The number of hydrogen-bond acceptors (Lipinski definition) is 2. The fraction of sp³-hybridized carbons (Fsp3) is 0.440. The van der Waals surface area contributed by atoms with Crippen LogP contribution in [0.1, 0.15) is 49.9 Å². The summed E-state index contributed by atoms with van der Waals surface area (Å²) in [5.74, 6) is 2.05. The van der Waals surface area contributed by atoms with E-state index in [0.29, 0.717) is 13.0 Å². The summed E-state index contributed by atoms with van der Waals surface area (Å²) in [4.78, 5) is 17.1. The summed E-state index contributed by atoms with van der Waals surface area (Å²) >= 11 is 0. The first-order chi connectivity index (χ1) is 14.3. The zero-order valence-electron chi connectivity index (χ0n) is 17.1. The van der Waals surface area contributed by atoms with Crippen molar-refractivity contribution >= 4 is 16.9 Å². The third-order valence-corrected chi connectivity index (χ3v) is 6.13. The number of imidazole rings is 1. The molecule has 29 heavy (non-hydrogen) atoms. The second kappa shape index (κ2) is 9.73. The third kappa shape index (κ3) is 5.26. The van der Waals surface area contributed by atoms with Gasteiger partial charge in [0.05, 0.1) is 11.0 Å². The van der Waals surface area contributed by atoms with Crippen molar-refractivity contribution < 1.29 is 4.79 Å². The van der Waals surface area contributed by atoms with Crippen molar-refractivity contribution in [2.75, 3.05) is 6.54 Å². The molecular formula is C25H31N3O. The van der Waals surface area contributed by atoms with Gasteiger partial charge in [0.15, 0.2) is 0 Å². The van der Waals surface area contributed by atoms with Crippen LogP contribution in [0.4, 0.5) is 0 Å². The molecule has 0 saturated heterocycles. The van der Waals surface area contributed by atoms with Gasteiger partial charge in [0, 0.05) is 25.9 Å². The van der Waals surface area contributed by atoms with Gasteiger partial charge in [-0.3, -0.25) is 4.79 Å². The van der Waals surface area contributed by atoms with E-state index in [1.54, 1.807) is 0 Å². The number of para-hydroxylation sites is 2. The van der Waals surface area contributed by atoms with Gasteiger partial charge >= 0.3 is 0 Å². The van der Waals surface area contributed by atoms with Gasteiger partial charge in [-0.05, 0) is 36.5 Å². The molecule has 0 aliphatic heterocycles. The Labute approximate surface area is 173 Å². The summed E-state index contributed by atoms with van der Waals surface area (Å²) in [7, 11) is 0. The van der Waals surface area contributed by atoms with E-state index in [9.17, 15) is 4.79 Å². The summed E-state index contributed by atoms with van der Waals surface area (Å²) in [6.07, 6.45) is 8.86. The van der Waals surface area contributed by atoms with Crippen LogP contribution in [0.15, 0.2) is 54.6 Å². The molecule has 1 aliphatic carbocycles. The highest BCUT2D eigenvalue weighted by Crippen LogP contribution is 2.28. The van der Waals surface area contributed by atoms with Crippen molar-refractivity contribution in [3.05, 3.63) is 66.0 Å². The third-order valence-electron chi connectivity index (χ3n) is 6.13. The van der Waals surface area contributed by atoms with Crippen LogP contribution >= 0.6 is 0 Å². The predicted molar refractivity (Wildman–Crippen MR) is 118 cm³/mol. The van der Waals surface area contributed by atoms with Gasteiger partial charge in [0.2, 0.25) is 5.91 Å². The van der Waals surface area contributed by atoms with Crippen LogP contribution in [0.5, 0.6) is 0 Å². The van der Waals surface area contributed by atoms with E-state index in [4.69, 9.17) is 4.98 Å². The molecule has 4 nitrogen and oxygen atoms in total. The van der Waals surface area contributed by atoms with Crippen molar-refractivity contribution in [1.82, 2.24) is 14.9 Å². The molecule has 2 aromatic carbocycles. The van der Waals surface area contributed by atoms with E-state index in [0.717, 1.165) is 48.6 Å². The quantitative estimate of drug-likeness (QED) is 0.565. The van der Waals surface area contributed by atoms with Gasteiger partial charge < -0.3 is 9.88 Å². The SMILES string of the molecule is O=C(CCC1CCCC1)NCCn1c(CCc2ccccc2)nc2ccccc21. The Bertz CT molecular complexity index is 926. The zero-order valence-corrected chi connectivity index (χ0v) is 17.1. The average molecular weight is 390 g/mol. The van der Waals surface area contributed by atoms with Crippen LogP contribution in [-0.2, 0) is 24.2 Å². The molecule has 4 heteroatoms. The fourth-order valence-electron chi connectivity index (χ4n) is 4.50. The first-order valence-corrected chi connectivity index (χ1v) is 11.0. The van der Waals surface area contributed by atoms with E-state index in [1.807, 2.05) is 12.1 Å². The smallest absolute Gasteiger partial charge is 0.220 e. The van der Waals surface area contributed by atoms with Crippen LogP contribution in [0.25, 0.3) is 11.0 Å². The molecule has 0 atom stereocenters. The normalized spacial score (nSPS) is 14.5. The number of nitrogens with zero attached hydrogens (tertiary/aromatic N) is 2. The van der Waals surface area contributed by atoms with Gasteiger partial charge in [-0.2, -0.15) is 0 Å². The van der Waals surface area contributed by atoms with Crippen molar-refractivity contribution in [3.63, 3.8) is 0 Å². The Morgan fingerprint density at radius 3 is 2.59 bits per heavy atom. The molecule has 1 saturated carbocycles. The summed E-state index contributed by atoms with van der Waals surface area (Å²) in [5, 5.41) is 3.12. The minimum Gasteiger partial charge on any atom is -0.354 e. The molecule has 1 aliphatic rings. The Morgan fingerprint density at radius 1 is 1.00 bits per heavy atom. The number of rotatable bonds is 9. The molecule has 1 amide bonds. The van der Waals surface area contributed by atoms with Crippen LogP contribution in [-0.4, -0.2) is 22.0 Å².